The number of tetrazole rings is 1. The summed E-state index contributed by atoms with van der Waals surface area (Å²) in [4.78, 5) is 1.81. The van der Waals surface area contributed by atoms with E-state index in [1.807, 2.05) is 48.3 Å². The monoisotopic (exact) mass is 283 g/mol. The molecule has 2 aromatic carbocycles. The van der Waals surface area contributed by atoms with Gasteiger partial charge in [-0.25, -0.2) is 4.39 Å². The highest BCUT2D eigenvalue weighted by molar-refractivity contribution is 5.40. The predicted octanol–water partition coefficient (Wildman–Crippen LogP) is 2.44. The zero-order valence-corrected chi connectivity index (χ0v) is 11.5. The van der Waals surface area contributed by atoms with Crippen molar-refractivity contribution in [2.24, 2.45) is 0 Å². The van der Waals surface area contributed by atoms with Gasteiger partial charge in [-0.1, -0.05) is 41.5 Å². The smallest absolute Gasteiger partial charge is 0.250 e. The number of rotatable bonds is 4. The molecule has 0 saturated carbocycles. The number of hydrogen-bond acceptors (Lipinski definition) is 4. The van der Waals surface area contributed by atoms with Crippen LogP contribution in [0, 0.1) is 5.82 Å². The van der Waals surface area contributed by atoms with Crippen molar-refractivity contribution in [3.8, 4) is 5.69 Å². The molecule has 0 saturated heterocycles. The van der Waals surface area contributed by atoms with E-state index in [9.17, 15) is 4.39 Å². The van der Waals surface area contributed by atoms with Gasteiger partial charge in [-0.15, -0.1) is 0 Å². The minimum Gasteiger partial charge on any atom is -0.338 e. The van der Waals surface area contributed by atoms with Gasteiger partial charge < -0.3 is 4.90 Å². The Morgan fingerprint density at radius 2 is 1.76 bits per heavy atom. The second-order valence-corrected chi connectivity index (χ2v) is 4.67. The first-order chi connectivity index (χ1) is 10.3. The standard InChI is InChI=1S/C15H14FN5/c1-20(11-12-7-5-6-10-14(12)16)15-17-18-19-21(15)13-8-3-2-4-9-13/h2-10H,11H2,1H3. The van der Waals surface area contributed by atoms with Crippen molar-refractivity contribution in [1.82, 2.24) is 20.2 Å². The summed E-state index contributed by atoms with van der Waals surface area (Å²) in [7, 11) is 1.83. The fourth-order valence-corrected chi connectivity index (χ4v) is 2.11. The normalized spacial score (nSPS) is 10.6. The molecule has 1 aromatic heterocycles. The molecule has 0 spiro atoms. The molecular formula is C15H14FN5. The summed E-state index contributed by atoms with van der Waals surface area (Å²) in [6.07, 6.45) is 0. The minimum atomic E-state index is -0.233. The Hall–Kier alpha value is -2.76. The van der Waals surface area contributed by atoms with E-state index in [-0.39, 0.29) is 5.82 Å². The third kappa shape index (κ3) is 2.74. The molecule has 3 rings (SSSR count). The topological polar surface area (TPSA) is 46.8 Å². The SMILES string of the molecule is CN(Cc1ccccc1F)c1nnnn1-c1ccccc1. The molecule has 6 heteroatoms. The van der Waals surface area contributed by atoms with Gasteiger partial charge in [-0.05, 0) is 28.6 Å². The van der Waals surface area contributed by atoms with Crippen molar-refractivity contribution in [3.05, 3.63) is 66.0 Å². The second-order valence-electron chi connectivity index (χ2n) is 4.67. The van der Waals surface area contributed by atoms with Gasteiger partial charge in [0.2, 0.25) is 5.95 Å². The van der Waals surface area contributed by atoms with Crippen LogP contribution < -0.4 is 4.90 Å². The third-order valence-corrected chi connectivity index (χ3v) is 3.16. The van der Waals surface area contributed by atoms with Crippen LogP contribution in [0.3, 0.4) is 0 Å². The predicted molar refractivity (Wildman–Crippen MR) is 77.7 cm³/mol. The molecule has 3 aromatic rings. The van der Waals surface area contributed by atoms with Crippen molar-refractivity contribution < 1.29 is 4.39 Å². The summed E-state index contributed by atoms with van der Waals surface area (Å²) in [5.74, 6) is 0.326. The summed E-state index contributed by atoms with van der Waals surface area (Å²) in [6, 6.07) is 16.3. The van der Waals surface area contributed by atoms with Gasteiger partial charge in [0.15, 0.2) is 0 Å². The number of halogens is 1. The van der Waals surface area contributed by atoms with Crippen LogP contribution in [0.15, 0.2) is 54.6 Å². The van der Waals surface area contributed by atoms with Crippen molar-refractivity contribution in [2.45, 2.75) is 6.54 Å². The lowest BCUT2D eigenvalue weighted by molar-refractivity contribution is 0.606. The highest BCUT2D eigenvalue weighted by Gasteiger charge is 2.14. The Bertz CT molecular complexity index is 726. The average molecular weight is 283 g/mol. The first-order valence-corrected chi connectivity index (χ1v) is 6.54. The summed E-state index contributed by atoms with van der Waals surface area (Å²) in [6.45, 7) is 0.389. The van der Waals surface area contributed by atoms with E-state index in [2.05, 4.69) is 15.5 Å². The van der Waals surface area contributed by atoms with Crippen LogP contribution in [0.1, 0.15) is 5.56 Å². The first kappa shape index (κ1) is 13.2. The molecule has 5 nitrogen and oxygen atoms in total. The molecule has 0 bridgehead atoms. The molecule has 1 heterocycles. The van der Waals surface area contributed by atoms with Gasteiger partial charge in [-0.2, -0.15) is 4.68 Å². The number of para-hydroxylation sites is 1. The van der Waals surface area contributed by atoms with Gasteiger partial charge in [0, 0.05) is 19.2 Å². The van der Waals surface area contributed by atoms with Crippen molar-refractivity contribution in [1.29, 1.82) is 0 Å². The highest BCUT2D eigenvalue weighted by Crippen LogP contribution is 2.17. The van der Waals surface area contributed by atoms with E-state index in [1.165, 1.54) is 6.07 Å². The van der Waals surface area contributed by atoms with Crippen LogP contribution in [0.2, 0.25) is 0 Å². The van der Waals surface area contributed by atoms with E-state index < -0.39 is 0 Å². The van der Waals surface area contributed by atoms with Gasteiger partial charge >= 0.3 is 0 Å². The molecule has 21 heavy (non-hydrogen) atoms. The molecule has 0 atom stereocenters. The molecule has 0 radical (unpaired) electrons. The summed E-state index contributed by atoms with van der Waals surface area (Å²) in [5.41, 5.74) is 1.46. The maximum Gasteiger partial charge on any atom is 0.250 e. The number of benzene rings is 2. The molecule has 0 fully saturated rings. The molecule has 106 valence electrons. The summed E-state index contributed by atoms with van der Waals surface area (Å²) < 4.78 is 15.4. The zero-order chi connectivity index (χ0) is 14.7. The third-order valence-electron chi connectivity index (χ3n) is 3.16. The number of anilines is 1. The Morgan fingerprint density at radius 3 is 2.52 bits per heavy atom. The summed E-state index contributed by atoms with van der Waals surface area (Å²) >= 11 is 0. The lowest BCUT2D eigenvalue weighted by Crippen LogP contribution is -2.21. The lowest BCUT2D eigenvalue weighted by Gasteiger charge is -2.18. The van der Waals surface area contributed by atoms with Crippen molar-refractivity contribution >= 4 is 5.95 Å². The molecule has 0 unspecified atom stereocenters. The van der Waals surface area contributed by atoms with Crippen LogP contribution >= 0.6 is 0 Å². The number of nitrogens with zero attached hydrogens (tertiary/aromatic N) is 5. The van der Waals surface area contributed by atoms with Gasteiger partial charge in [0.1, 0.15) is 5.82 Å². The van der Waals surface area contributed by atoms with Crippen LogP contribution in [-0.2, 0) is 6.54 Å². The fourth-order valence-electron chi connectivity index (χ4n) is 2.11. The molecular weight excluding hydrogens is 269 g/mol. The van der Waals surface area contributed by atoms with E-state index in [0.29, 0.717) is 18.1 Å². The Kier molecular flexibility index (Phi) is 3.59. The largest absolute Gasteiger partial charge is 0.338 e. The van der Waals surface area contributed by atoms with Crippen LogP contribution in [0.4, 0.5) is 10.3 Å². The van der Waals surface area contributed by atoms with Crippen molar-refractivity contribution in [3.63, 3.8) is 0 Å². The van der Waals surface area contributed by atoms with Crippen LogP contribution in [0.5, 0.6) is 0 Å². The highest BCUT2D eigenvalue weighted by atomic mass is 19.1. The van der Waals surface area contributed by atoms with Crippen molar-refractivity contribution in [2.75, 3.05) is 11.9 Å². The molecule has 0 aliphatic carbocycles. The van der Waals surface area contributed by atoms with Gasteiger partial charge in [0.05, 0.1) is 5.69 Å². The average Bonchev–Trinajstić information content (AvgIpc) is 3.00. The Balaban J connectivity index is 1.88. The fraction of sp³-hybridized carbons (Fsp3) is 0.133. The number of hydrogen-bond donors (Lipinski definition) is 0. The van der Waals surface area contributed by atoms with Gasteiger partial charge in [-0.3, -0.25) is 0 Å². The maximum absolute atomic E-state index is 13.7. The van der Waals surface area contributed by atoms with Crippen LogP contribution in [-0.4, -0.2) is 27.3 Å². The second kappa shape index (κ2) is 5.70. The quantitative estimate of drug-likeness (QED) is 0.738. The van der Waals surface area contributed by atoms with E-state index in [4.69, 9.17) is 0 Å². The van der Waals surface area contributed by atoms with Crippen LogP contribution in [0.25, 0.3) is 5.69 Å². The first-order valence-electron chi connectivity index (χ1n) is 6.54. The van der Waals surface area contributed by atoms with E-state index in [0.717, 1.165) is 5.69 Å². The zero-order valence-electron chi connectivity index (χ0n) is 11.5. The minimum absolute atomic E-state index is 0.233. The molecule has 0 aliphatic heterocycles. The van der Waals surface area contributed by atoms with E-state index >= 15 is 0 Å². The Morgan fingerprint density at radius 1 is 1.05 bits per heavy atom. The Labute approximate surface area is 121 Å². The molecule has 0 aliphatic rings. The molecule has 0 N–H and O–H groups in total. The number of aromatic nitrogens is 4. The molecule has 0 amide bonds. The lowest BCUT2D eigenvalue weighted by atomic mass is 10.2. The summed E-state index contributed by atoms with van der Waals surface area (Å²) in [5, 5.41) is 11.7. The van der Waals surface area contributed by atoms with E-state index in [1.54, 1.807) is 16.8 Å². The van der Waals surface area contributed by atoms with Gasteiger partial charge in [0.25, 0.3) is 0 Å². The maximum atomic E-state index is 13.7.